The van der Waals surface area contributed by atoms with E-state index in [1.54, 1.807) is 18.2 Å². The van der Waals surface area contributed by atoms with E-state index >= 15 is 0 Å². The Bertz CT molecular complexity index is 1510. The Morgan fingerprint density at radius 1 is 1.00 bits per heavy atom. The van der Waals surface area contributed by atoms with Crippen molar-refractivity contribution in [2.75, 3.05) is 36.0 Å². The molecule has 9 heteroatoms. The van der Waals surface area contributed by atoms with Crippen molar-refractivity contribution in [2.24, 2.45) is 0 Å². The summed E-state index contributed by atoms with van der Waals surface area (Å²) in [5.41, 5.74) is 3.17. The number of piperazine rings is 1. The molecule has 0 spiro atoms. The number of piperidine rings is 1. The SMILES string of the molecule is N#Cc1ccc(N2CCN(Cc3ccc4c5c(cccc35)C(=O)N4[C@@H]3CCC(=O)NC3=O)CC2)c(F)c1. The predicted octanol–water partition coefficient (Wildman–Crippen LogP) is 2.94. The van der Waals surface area contributed by atoms with Crippen molar-refractivity contribution in [3.8, 4) is 6.07 Å². The third kappa shape index (κ3) is 3.90. The number of anilines is 2. The van der Waals surface area contributed by atoms with Gasteiger partial charge in [0, 0.05) is 50.1 Å². The molecule has 0 aromatic heterocycles. The number of carbonyl (C=O) groups is 3. The van der Waals surface area contributed by atoms with Crippen LogP contribution in [0, 0.1) is 17.1 Å². The van der Waals surface area contributed by atoms with Crippen LogP contribution in [0.4, 0.5) is 15.8 Å². The summed E-state index contributed by atoms with van der Waals surface area (Å²) in [6, 6.07) is 15.4. The zero-order chi connectivity index (χ0) is 25.7. The quantitative estimate of drug-likeness (QED) is 0.557. The fourth-order valence-corrected chi connectivity index (χ4v) is 5.66. The van der Waals surface area contributed by atoms with Crippen LogP contribution in [0.2, 0.25) is 0 Å². The van der Waals surface area contributed by atoms with Gasteiger partial charge >= 0.3 is 0 Å². The lowest BCUT2D eigenvalue weighted by Crippen LogP contribution is -2.53. The summed E-state index contributed by atoms with van der Waals surface area (Å²) in [5.74, 6) is -1.35. The molecule has 1 atom stereocenters. The van der Waals surface area contributed by atoms with Crippen molar-refractivity contribution >= 4 is 39.9 Å². The molecule has 0 aliphatic carbocycles. The Hall–Kier alpha value is -4.29. The van der Waals surface area contributed by atoms with E-state index in [0.29, 0.717) is 48.6 Å². The summed E-state index contributed by atoms with van der Waals surface area (Å²) in [4.78, 5) is 43.3. The van der Waals surface area contributed by atoms with Crippen LogP contribution in [0.5, 0.6) is 0 Å². The number of nitrogens with one attached hydrogen (secondary N) is 1. The van der Waals surface area contributed by atoms with Crippen LogP contribution in [0.3, 0.4) is 0 Å². The van der Waals surface area contributed by atoms with E-state index < -0.39 is 11.9 Å². The Morgan fingerprint density at radius 2 is 1.78 bits per heavy atom. The smallest absolute Gasteiger partial charge is 0.259 e. The monoisotopic (exact) mass is 497 g/mol. The number of hydrogen-bond donors (Lipinski definition) is 1. The number of nitrogens with zero attached hydrogens (tertiary/aromatic N) is 4. The van der Waals surface area contributed by atoms with Gasteiger partial charge in [-0.3, -0.25) is 29.5 Å². The van der Waals surface area contributed by atoms with Gasteiger partial charge in [0.2, 0.25) is 11.8 Å². The molecule has 6 rings (SSSR count). The standard InChI is InChI=1S/C28H24FN5O3/c29-21-14-17(15-30)4-6-22(21)33-12-10-32(11-13-33)16-18-5-7-23-26-19(18)2-1-3-20(26)28(37)34(23)24-8-9-25(35)31-27(24)36/h1-7,14,24H,8-13,16H2,(H,31,35,36)/t24-/m1/s1. The maximum Gasteiger partial charge on any atom is 0.259 e. The first-order valence-electron chi connectivity index (χ1n) is 12.3. The van der Waals surface area contributed by atoms with Gasteiger partial charge in [0.1, 0.15) is 11.9 Å². The van der Waals surface area contributed by atoms with E-state index in [-0.39, 0.29) is 24.1 Å². The average molecular weight is 498 g/mol. The minimum atomic E-state index is -0.706. The van der Waals surface area contributed by atoms with Gasteiger partial charge in [0.15, 0.2) is 0 Å². The second kappa shape index (κ2) is 8.98. The summed E-state index contributed by atoms with van der Waals surface area (Å²) < 4.78 is 14.5. The lowest BCUT2D eigenvalue weighted by atomic mass is 9.99. The highest BCUT2D eigenvalue weighted by Crippen LogP contribution is 2.41. The molecule has 3 aliphatic rings. The van der Waals surface area contributed by atoms with Crippen LogP contribution in [-0.2, 0) is 16.1 Å². The van der Waals surface area contributed by atoms with E-state index in [2.05, 4.69) is 10.2 Å². The molecule has 3 aliphatic heterocycles. The molecule has 0 saturated carbocycles. The predicted molar refractivity (Wildman–Crippen MR) is 136 cm³/mol. The third-order valence-electron chi connectivity index (χ3n) is 7.52. The number of hydrogen-bond acceptors (Lipinski definition) is 6. The number of benzene rings is 3. The van der Waals surface area contributed by atoms with Crippen molar-refractivity contribution in [3.05, 3.63) is 71.0 Å². The number of halogens is 1. The molecule has 0 unspecified atom stereocenters. The van der Waals surface area contributed by atoms with Gasteiger partial charge in [-0.05, 0) is 47.7 Å². The highest BCUT2D eigenvalue weighted by atomic mass is 19.1. The zero-order valence-electron chi connectivity index (χ0n) is 20.0. The molecule has 37 heavy (non-hydrogen) atoms. The summed E-state index contributed by atoms with van der Waals surface area (Å²) in [6.45, 7) is 3.47. The molecule has 1 N–H and O–H groups in total. The second-order valence-electron chi connectivity index (χ2n) is 9.66. The lowest BCUT2D eigenvalue weighted by Gasteiger charge is -2.36. The summed E-state index contributed by atoms with van der Waals surface area (Å²) in [6.07, 6.45) is 0.508. The number of amides is 3. The number of nitriles is 1. The average Bonchev–Trinajstić information content (AvgIpc) is 3.19. The van der Waals surface area contributed by atoms with Crippen molar-refractivity contribution < 1.29 is 18.8 Å². The maximum absolute atomic E-state index is 14.5. The van der Waals surface area contributed by atoms with E-state index in [4.69, 9.17) is 5.26 Å². The Morgan fingerprint density at radius 3 is 2.51 bits per heavy atom. The van der Waals surface area contributed by atoms with Crippen LogP contribution in [0.1, 0.15) is 34.3 Å². The minimum Gasteiger partial charge on any atom is -0.367 e. The van der Waals surface area contributed by atoms with Gasteiger partial charge in [0.05, 0.1) is 23.0 Å². The molecule has 8 nitrogen and oxygen atoms in total. The van der Waals surface area contributed by atoms with Gasteiger partial charge in [-0.25, -0.2) is 4.39 Å². The fraction of sp³-hybridized carbons (Fsp3) is 0.286. The summed E-state index contributed by atoms with van der Waals surface area (Å²) >= 11 is 0. The van der Waals surface area contributed by atoms with E-state index in [1.165, 1.54) is 11.0 Å². The zero-order valence-corrected chi connectivity index (χ0v) is 20.0. The highest BCUT2D eigenvalue weighted by molar-refractivity contribution is 6.27. The topological polar surface area (TPSA) is 96.8 Å². The molecule has 186 valence electrons. The highest BCUT2D eigenvalue weighted by Gasteiger charge is 2.40. The Labute approximate surface area is 212 Å². The molecule has 0 radical (unpaired) electrons. The Kier molecular flexibility index (Phi) is 5.61. The minimum absolute atomic E-state index is 0.204. The first-order chi connectivity index (χ1) is 17.9. The Balaban J connectivity index is 1.22. The molecule has 3 heterocycles. The van der Waals surface area contributed by atoms with Crippen LogP contribution in [0.15, 0.2) is 48.5 Å². The molecule has 2 fully saturated rings. The van der Waals surface area contributed by atoms with Crippen LogP contribution < -0.4 is 15.1 Å². The van der Waals surface area contributed by atoms with Crippen molar-refractivity contribution in [3.63, 3.8) is 0 Å². The van der Waals surface area contributed by atoms with Gasteiger partial charge in [0.25, 0.3) is 5.91 Å². The number of rotatable bonds is 4. The van der Waals surface area contributed by atoms with Gasteiger partial charge in [-0.1, -0.05) is 18.2 Å². The molecule has 2 saturated heterocycles. The normalized spacial score (nSPS) is 19.9. The third-order valence-corrected chi connectivity index (χ3v) is 7.52. The molecule has 0 bridgehead atoms. The molecule has 3 aromatic carbocycles. The van der Waals surface area contributed by atoms with Crippen LogP contribution in [0.25, 0.3) is 10.8 Å². The second-order valence-corrected chi connectivity index (χ2v) is 9.66. The van der Waals surface area contributed by atoms with E-state index in [1.807, 2.05) is 35.2 Å². The lowest BCUT2D eigenvalue weighted by molar-refractivity contribution is -0.134. The van der Waals surface area contributed by atoms with Gasteiger partial charge in [-0.2, -0.15) is 5.26 Å². The molecular weight excluding hydrogens is 473 g/mol. The van der Waals surface area contributed by atoms with E-state index in [9.17, 15) is 18.8 Å². The van der Waals surface area contributed by atoms with Crippen molar-refractivity contribution in [1.29, 1.82) is 5.26 Å². The number of carbonyl (C=O) groups excluding carboxylic acids is 3. The fourth-order valence-electron chi connectivity index (χ4n) is 5.66. The van der Waals surface area contributed by atoms with Gasteiger partial charge < -0.3 is 4.90 Å². The summed E-state index contributed by atoms with van der Waals surface area (Å²) in [7, 11) is 0. The largest absolute Gasteiger partial charge is 0.367 e. The molecule has 3 amide bonds. The first-order valence-corrected chi connectivity index (χ1v) is 12.3. The van der Waals surface area contributed by atoms with Crippen molar-refractivity contribution in [2.45, 2.75) is 25.4 Å². The molecule has 3 aromatic rings. The van der Waals surface area contributed by atoms with Crippen LogP contribution in [-0.4, -0.2) is 54.8 Å². The van der Waals surface area contributed by atoms with Gasteiger partial charge in [-0.15, -0.1) is 0 Å². The first kappa shape index (κ1) is 23.1. The van der Waals surface area contributed by atoms with E-state index in [0.717, 1.165) is 29.4 Å². The maximum atomic E-state index is 14.5. The van der Waals surface area contributed by atoms with Crippen LogP contribution >= 0.6 is 0 Å². The number of imide groups is 1. The molecular formula is C28H24FN5O3. The van der Waals surface area contributed by atoms with Crippen molar-refractivity contribution in [1.82, 2.24) is 10.2 Å². The summed E-state index contributed by atoms with van der Waals surface area (Å²) in [5, 5.41) is 13.1.